The number of aromatic hydroxyl groups is 1. The highest BCUT2D eigenvalue weighted by Crippen LogP contribution is 2.29. The maximum atomic E-state index is 12.8. The van der Waals surface area contributed by atoms with Gasteiger partial charge >= 0.3 is 0 Å². The monoisotopic (exact) mass is 227 g/mol. The van der Waals surface area contributed by atoms with E-state index in [1.165, 1.54) is 12.1 Å². The number of phenols is 1. The summed E-state index contributed by atoms with van der Waals surface area (Å²) >= 11 is 0. The van der Waals surface area contributed by atoms with E-state index in [2.05, 4.69) is 0 Å². The fourth-order valence-corrected chi connectivity index (χ4v) is 1.79. The number of hydrogen-bond donors (Lipinski definition) is 1. The average Bonchev–Trinajstić information content (AvgIpc) is 2.72. The molecule has 0 unspecified atom stereocenters. The second-order valence-electron chi connectivity index (χ2n) is 3.84. The molecule has 2 aromatic carbocycles. The quantitative estimate of drug-likeness (QED) is 0.683. The molecule has 0 aliphatic carbocycles. The Hall–Kier alpha value is -2.29. The average molecular weight is 227 g/mol. The second-order valence-corrected chi connectivity index (χ2v) is 3.84. The summed E-state index contributed by atoms with van der Waals surface area (Å²) in [6, 6.07) is 12.8. The third-order valence-electron chi connectivity index (χ3n) is 2.63. The Balaban J connectivity index is 2.14. The number of halogens is 1. The molecule has 0 aliphatic rings. The van der Waals surface area contributed by atoms with Crippen LogP contribution in [0.1, 0.15) is 0 Å². The number of fused-ring (bicyclic) bond motifs is 1. The molecule has 1 heterocycles. The van der Waals surface area contributed by atoms with E-state index in [0.717, 1.165) is 10.9 Å². The molecule has 0 radical (unpaired) electrons. The van der Waals surface area contributed by atoms with E-state index in [1.54, 1.807) is 30.3 Å². The Morgan fingerprint density at radius 3 is 2.47 bits per heavy atom. The van der Waals surface area contributed by atoms with Crippen LogP contribution in [0.5, 0.6) is 5.75 Å². The largest absolute Gasteiger partial charge is 0.508 e. The molecule has 0 amide bonds. The smallest absolute Gasteiger partial charge is 0.135 e. The van der Waals surface area contributed by atoms with Crippen LogP contribution in [-0.4, -0.2) is 5.11 Å². The van der Waals surface area contributed by atoms with Gasteiger partial charge in [-0.1, -0.05) is 0 Å². The van der Waals surface area contributed by atoms with Gasteiger partial charge in [-0.2, -0.15) is 0 Å². The van der Waals surface area contributed by atoms with Crippen LogP contribution in [0.3, 0.4) is 0 Å². The molecule has 0 saturated carbocycles. The van der Waals surface area contributed by atoms with Gasteiger partial charge in [-0.15, -0.1) is 0 Å². The van der Waals surface area contributed by atoms with Crippen molar-refractivity contribution in [2.45, 2.75) is 0 Å². The summed E-state index contributed by atoms with van der Waals surface area (Å²) in [5, 5.41) is 10.2. The molecule has 3 heteroatoms. The molecule has 84 valence electrons. The van der Waals surface area contributed by atoms with E-state index in [1.807, 2.05) is 6.07 Å². The van der Waals surface area contributed by atoms with Crippen molar-refractivity contribution in [3.8, 4) is 17.1 Å². The molecular weight excluding hydrogens is 218 g/mol. The van der Waals surface area contributed by atoms with Gasteiger partial charge in [-0.25, -0.2) is 4.39 Å². The number of hydrogen-bond acceptors (Lipinski definition) is 2. The lowest BCUT2D eigenvalue weighted by Crippen LogP contribution is -1.74. The SMILES string of the molecule is Oc1ccc2oc(-c3ccc([18F])cc3)cc2c1. The van der Waals surface area contributed by atoms with Crippen LogP contribution in [0.15, 0.2) is 52.9 Å². The third kappa shape index (κ3) is 1.76. The van der Waals surface area contributed by atoms with E-state index in [4.69, 9.17) is 4.42 Å². The van der Waals surface area contributed by atoms with Crippen molar-refractivity contribution in [2.75, 3.05) is 0 Å². The first-order valence-electron chi connectivity index (χ1n) is 5.21. The number of benzene rings is 2. The highest BCUT2D eigenvalue weighted by molar-refractivity contribution is 5.83. The van der Waals surface area contributed by atoms with E-state index in [9.17, 15) is 9.50 Å². The van der Waals surface area contributed by atoms with Crippen molar-refractivity contribution in [3.05, 3.63) is 54.3 Å². The number of phenolic OH excluding ortho intramolecular Hbond substituents is 1. The van der Waals surface area contributed by atoms with Crippen molar-refractivity contribution in [3.63, 3.8) is 0 Å². The van der Waals surface area contributed by atoms with Crippen LogP contribution >= 0.6 is 0 Å². The summed E-state index contributed by atoms with van der Waals surface area (Å²) in [6.07, 6.45) is 0. The van der Waals surface area contributed by atoms with Crippen molar-refractivity contribution < 1.29 is 13.9 Å². The zero-order valence-electron chi connectivity index (χ0n) is 8.85. The lowest BCUT2D eigenvalue weighted by Gasteiger charge is -1.94. The molecule has 0 spiro atoms. The van der Waals surface area contributed by atoms with Crippen LogP contribution in [0, 0.1) is 5.82 Å². The Labute approximate surface area is 96.9 Å². The zero-order chi connectivity index (χ0) is 11.8. The molecule has 3 rings (SSSR count). The third-order valence-corrected chi connectivity index (χ3v) is 2.63. The summed E-state index contributed by atoms with van der Waals surface area (Å²) in [7, 11) is 0. The lowest BCUT2D eigenvalue weighted by atomic mass is 10.1. The van der Waals surface area contributed by atoms with Gasteiger partial charge < -0.3 is 9.52 Å². The summed E-state index contributed by atoms with van der Waals surface area (Å²) in [5.74, 6) is 0.581. The first-order chi connectivity index (χ1) is 8.22. The summed E-state index contributed by atoms with van der Waals surface area (Å²) in [5.41, 5.74) is 1.50. The molecule has 0 aliphatic heterocycles. The summed E-state index contributed by atoms with van der Waals surface area (Å²) < 4.78 is 18.4. The van der Waals surface area contributed by atoms with Crippen LogP contribution in [0.4, 0.5) is 4.39 Å². The molecule has 1 N–H and O–H groups in total. The Morgan fingerprint density at radius 1 is 0.941 bits per heavy atom. The maximum absolute atomic E-state index is 12.8. The predicted molar refractivity (Wildman–Crippen MR) is 63.3 cm³/mol. The van der Waals surface area contributed by atoms with Crippen molar-refractivity contribution >= 4 is 11.0 Å². The first kappa shape index (κ1) is 9.90. The van der Waals surface area contributed by atoms with Crippen LogP contribution in [0.2, 0.25) is 0 Å². The second kappa shape index (κ2) is 3.63. The normalized spacial score (nSPS) is 10.9. The Kier molecular flexibility index (Phi) is 2.11. The Morgan fingerprint density at radius 2 is 1.71 bits per heavy atom. The van der Waals surface area contributed by atoms with Gasteiger partial charge in [0.1, 0.15) is 22.9 Å². The summed E-state index contributed by atoms with van der Waals surface area (Å²) in [4.78, 5) is 0. The van der Waals surface area contributed by atoms with Gasteiger partial charge in [0.05, 0.1) is 0 Å². The molecule has 0 saturated heterocycles. The standard InChI is InChI=1S/C14H9FO2/c15-11-3-1-9(2-4-11)14-8-10-7-12(16)5-6-13(10)17-14/h1-8,16H/i15-1. The van der Waals surface area contributed by atoms with Gasteiger partial charge in [0.25, 0.3) is 0 Å². The fourth-order valence-electron chi connectivity index (χ4n) is 1.79. The van der Waals surface area contributed by atoms with Crippen molar-refractivity contribution in [2.24, 2.45) is 0 Å². The summed E-state index contributed by atoms with van der Waals surface area (Å²) in [6.45, 7) is 0. The highest BCUT2D eigenvalue weighted by atomic mass is 18.2. The highest BCUT2D eigenvalue weighted by Gasteiger charge is 2.06. The topological polar surface area (TPSA) is 33.4 Å². The van der Waals surface area contributed by atoms with Crippen LogP contribution < -0.4 is 0 Å². The van der Waals surface area contributed by atoms with Gasteiger partial charge in [-0.3, -0.25) is 0 Å². The van der Waals surface area contributed by atoms with Gasteiger partial charge in [0.15, 0.2) is 0 Å². The van der Waals surface area contributed by atoms with Crippen LogP contribution in [-0.2, 0) is 0 Å². The van der Waals surface area contributed by atoms with E-state index < -0.39 is 0 Å². The minimum absolute atomic E-state index is 0.198. The van der Waals surface area contributed by atoms with Crippen molar-refractivity contribution in [1.29, 1.82) is 0 Å². The molecule has 0 fully saturated rings. The zero-order valence-corrected chi connectivity index (χ0v) is 8.85. The molecule has 17 heavy (non-hydrogen) atoms. The fraction of sp³-hybridized carbons (Fsp3) is 0. The molecular formula is C14H9FO2. The van der Waals surface area contributed by atoms with E-state index >= 15 is 0 Å². The van der Waals surface area contributed by atoms with Crippen molar-refractivity contribution in [1.82, 2.24) is 0 Å². The molecule has 3 aromatic rings. The number of rotatable bonds is 1. The van der Waals surface area contributed by atoms with Gasteiger partial charge in [0, 0.05) is 10.9 Å². The first-order valence-corrected chi connectivity index (χ1v) is 5.21. The van der Waals surface area contributed by atoms with E-state index in [-0.39, 0.29) is 11.6 Å². The molecule has 1 aromatic heterocycles. The molecule has 0 atom stereocenters. The molecule has 2 nitrogen and oxygen atoms in total. The maximum Gasteiger partial charge on any atom is 0.135 e. The van der Waals surface area contributed by atoms with Gasteiger partial charge in [-0.05, 0) is 48.5 Å². The minimum atomic E-state index is -0.275. The van der Waals surface area contributed by atoms with Gasteiger partial charge in [0.2, 0.25) is 0 Å². The van der Waals surface area contributed by atoms with Crippen LogP contribution in [0.25, 0.3) is 22.3 Å². The lowest BCUT2D eigenvalue weighted by molar-refractivity contribution is 0.476. The van der Waals surface area contributed by atoms with E-state index in [0.29, 0.717) is 11.3 Å². The minimum Gasteiger partial charge on any atom is -0.508 e. The number of furan rings is 1. The predicted octanol–water partition coefficient (Wildman–Crippen LogP) is 3.94. The molecule has 0 bridgehead atoms. The Bertz CT molecular complexity index is 668.